The third-order valence-corrected chi connectivity index (χ3v) is 7.12. The fourth-order valence-electron chi connectivity index (χ4n) is 3.69. The second kappa shape index (κ2) is 11.0. The van der Waals surface area contributed by atoms with Crippen LogP contribution in [0.2, 0.25) is 10.0 Å². The number of nitriles is 1. The molecule has 0 aliphatic heterocycles. The lowest BCUT2D eigenvalue weighted by molar-refractivity contribution is 0.105. The monoisotopic (exact) mass is 536 g/mol. The Morgan fingerprint density at radius 2 is 1.78 bits per heavy atom. The molecule has 180 valence electrons. The molecule has 8 heteroatoms. The van der Waals surface area contributed by atoms with Crippen LogP contribution in [0.3, 0.4) is 0 Å². The van der Waals surface area contributed by atoms with Crippen molar-refractivity contribution in [2.45, 2.75) is 19.8 Å². The summed E-state index contributed by atoms with van der Waals surface area (Å²) >= 11 is 13.3. The van der Waals surface area contributed by atoms with E-state index in [0.717, 1.165) is 29.7 Å². The molecule has 0 aliphatic carbocycles. The van der Waals surface area contributed by atoms with Crippen molar-refractivity contribution < 1.29 is 9.18 Å². The normalized spacial score (nSPS) is 12.4. The number of carbonyl (C=O) groups is 1. The molecule has 0 fully saturated rings. The molecule has 4 aromatic rings. The van der Waals surface area contributed by atoms with Crippen molar-refractivity contribution in [3.05, 3.63) is 119 Å². The minimum absolute atomic E-state index is 0.146. The van der Waals surface area contributed by atoms with Crippen molar-refractivity contribution in [3.63, 3.8) is 0 Å². The zero-order chi connectivity index (χ0) is 25.8. The predicted octanol–water partition coefficient (Wildman–Crippen LogP) is 5.68. The lowest BCUT2D eigenvalue weighted by atomic mass is 10.0. The van der Waals surface area contributed by atoms with Crippen LogP contribution in [0.25, 0.3) is 17.3 Å². The molecule has 1 heterocycles. The van der Waals surface area contributed by atoms with Gasteiger partial charge < -0.3 is 0 Å². The number of nitrogens with zero attached hydrogens (tertiary/aromatic N) is 2. The zero-order valence-corrected chi connectivity index (χ0v) is 21.4. The number of thiazole rings is 1. The summed E-state index contributed by atoms with van der Waals surface area (Å²) in [6.45, 7) is 2.07. The molecule has 3 aromatic carbocycles. The highest BCUT2D eigenvalue weighted by Gasteiger charge is 2.19. The van der Waals surface area contributed by atoms with E-state index in [1.807, 2.05) is 18.2 Å². The van der Waals surface area contributed by atoms with Gasteiger partial charge in [0.1, 0.15) is 22.1 Å². The van der Waals surface area contributed by atoms with Gasteiger partial charge in [0.25, 0.3) is 5.56 Å². The SMILES string of the molecule is CCCc1ccc(C(=O)/C(C#N)=c2\s/c(=C/c3ccc(Cl)cc3Cl)c(=O)n2-c2ccc(F)cc2)cc1. The van der Waals surface area contributed by atoms with E-state index in [0.29, 0.717) is 26.9 Å². The first kappa shape index (κ1) is 25.6. The molecule has 0 saturated carbocycles. The van der Waals surface area contributed by atoms with Crippen LogP contribution < -0.4 is 14.8 Å². The minimum atomic E-state index is -0.506. The van der Waals surface area contributed by atoms with Gasteiger partial charge in [0, 0.05) is 15.6 Å². The highest BCUT2D eigenvalue weighted by Crippen LogP contribution is 2.21. The number of aromatic nitrogens is 1. The molecule has 0 amide bonds. The molecule has 4 rings (SSSR count). The third kappa shape index (κ3) is 5.34. The molecule has 1 aromatic heterocycles. The maximum absolute atomic E-state index is 13.6. The summed E-state index contributed by atoms with van der Waals surface area (Å²) in [5.41, 5.74) is 1.65. The highest BCUT2D eigenvalue weighted by molar-refractivity contribution is 7.07. The first-order valence-corrected chi connectivity index (χ1v) is 12.6. The second-order valence-electron chi connectivity index (χ2n) is 7.96. The number of aryl methyl sites for hydroxylation is 1. The Balaban J connectivity index is 1.99. The van der Waals surface area contributed by atoms with Crippen LogP contribution in [0.1, 0.15) is 34.8 Å². The van der Waals surface area contributed by atoms with Gasteiger partial charge in [0.15, 0.2) is 0 Å². The van der Waals surface area contributed by atoms with Gasteiger partial charge in [-0.3, -0.25) is 14.2 Å². The number of hydrogen-bond acceptors (Lipinski definition) is 4. The fourth-order valence-corrected chi connectivity index (χ4v) is 5.24. The van der Waals surface area contributed by atoms with Gasteiger partial charge in [-0.1, -0.05) is 66.9 Å². The molecule has 36 heavy (non-hydrogen) atoms. The topological polar surface area (TPSA) is 62.9 Å². The van der Waals surface area contributed by atoms with E-state index >= 15 is 0 Å². The molecule has 0 unspecified atom stereocenters. The average Bonchev–Trinajstić information content (AvgIpc) is 3.18. The Morgan fingerprint density at radius 3 is 2.39 bits per heavy atom. The van der Waals surface area contributed by atoms with Crippen molar-refractivity contribution in [1.82, 2.24) is 4.57 Å². The molecule has 0 atom stereocenters. The third-order valence-electron chi connectivity index (χ3n) is 5.47. The number of hydrogen-bond donors (Lipinski definition) is 0. The highest BCUT2D eigenvalue weighted by atomic mass is 35.5. The van der Waals surface area contributed by atoms with Crippen molar-refractivity contribution >= 4 is 52.0 Å². The van der Waals surface area contributed by atoms with Gasteiger partial charge in [-0.25, -0.2) is 4.39 Å². The van der Waals surface area contributed by atoms with E-state index in [2.05, 4.69) is 6.92 Å². The number of carbonyl (C=O) groups excluding carboxylic acids is 1. The molecule has 0 radical (unpaired) electrons. The lowest BCUT2D eigenvalue weighted by Gasteiger charge is -2.05. The summed E-state index contributed by atoms with van der Waals surface area (Å²) in [5.74, 6) is -0.982. The van der Waals surface area contributed by atoms with E-state index in [-0.39, 0.29) is 14.8 Å². The molecule has 0 spiro atoms. The van der Waals surface area contributed by atoms with Gasteiger partial charge in [0.2, 0.25) is 5.78 Å². The lowest BCUT2D eigenvalue weighted by Crippen LogP contribution is -2.31. The maximum atomic E-state index is 13.6. The van der Waals surface area contributed by atoms with Crippen LogP contribution in [0.15, 0.2) is 71.5 Å². The maximum Gasteiger partial charge on any atom is 0.273 e. The molecule has 0 saturated heterocycles. The van der Waals surface area contributed by atoms with Gasteiger partial charge in [-0.2, -0.15) is 5.26 Å². The Hall–Kier alpha value is -3.50. The Kier molecular flexibility index (Phi) is 7.85. The summed E-state index contributed by atoms with van der Waals surface area (Å²) < 4.78 is 15.3. The van der Waals surface area contributed by atoms with Gasteiger partial charge in [0.05, 0.1) is 10.2 Å². The smallest absolute Gasteiger partial charge is 0.273 e. The van der Waals surface area contributed by atoms with Crippen LogP contribution in [-0.4, -0.2) is 10.4 Å². The van der Waals surface area contributed by atoms with E-state index in [1.165, 1.54) is 28.8 Å². The van der Waals surface area contributed by atoms with E-state index in [1.54, 1.807) is 36.4 Å². The molecule has 0 N–H and O–H groups in total. The zero-order valence-electron chi connectivity index (χ0n) is 19.1. The van der Waals surface area contributed by atoms with Crippen LogP contribution >= 0.6 is 34.5 Å². The van der Waals surface area contributed by atoms with Crippen LogP contribution in [0.5, 0.6) is 0 Å². The average molecular weight is 537 g/mol. The largest absolute Gasteiger partial charge is 0.288 e. The van der Waals surface area contributed by atoms with Crippen molar-refractivity contribution in [2.75, 3.05) is 0 Å². The standard InChI is InChI=1S/C28H19Cl2FN2O2S/c1-2-3-17-4-6-18(7-5-17)26(34)23(16-32)28-33(22-12-10-21(31)11-13-22)27(35)25(36-28)14-19-8-9-20(29)15-24(19)30/h4-15H,2-3H2,1H3/b25-14+,28-23-. The van der Waals surface area contributed by atoms with Gasteiger partial charge in [-0.15, -0.1) is 11.3 Å². The number of Topliss-reactive ketones (excluding diaryl/α,β-unsaturated/α-hetero) is 1. The number of rotatable bonds is 6. The van der Waals surface area contributed by atoms with Crippen LogP contribution in [0, 0.1) is 17.1 Å². The fraction of sp³-hybridized carbons (Fsp3) is 0.107. The van der Waals surface area contributed by atoms with Crippen LogP contribution in [-0.2, 0) is 6.42 Å². The van der Waals surface area contributed by atoms with Gasteiger partial charge >= 0.3 is 0 Å². The summed E-state index contributed by atoms with van der Waals surface area (Å²) in [7, 11) is 0. The molecule has 4 nitrogen and oxygen atoms in total. The Bertz CT molecular complexity index is 1670. The van der Waals surface area contributed by atoms with Crippen molar-refractivity contribution in [2.24, 2.45) is 0 Å². The first-order valence-electron chi connectivity index (χ1n) is 11.0. The summed E-state index contributed by atoms with van der Waals surface area (Å²) in [6, 6.07) is 19.2. The minimum Gasteiger partial charge on any atom is -0.288 e. The summed E-state index contributed by atoms with van der Waals surface area (Å²) in [6.07, 6.45) is 3.43. The molecular weight excluding hydrogens is 518 g/mol. The Labute approximate surface area is 220 Å². The van der Waals surface area contributed by atoms with E-state index < -0.39 is 17.2 Å². The summed E-state index contributed by atoms with van der Waals surface area (Å²) in [5, 5.41) is 10.8. The van der Waals surface area contributed by atoms with E-state index in [9.17, 15) is 19.2 Å². The van der Waals surface area contributed by atoms with E-state index in [4.69, 9.17) is 23.2 Å². The number of halogens is 3. The number of benzene rings is 3. The number of ketones is 1. The molecular formula is C28H19Cl2FN2O2S. The molecule has 0 bridgehead atoms. The molecule has 0 aliphatic rings. The Morgan fingerprint density at radius 1 is 1.08 bits per heavy atom. The summed E-state index contributed by atoms with van der Waals surface area (Å²) in [4.78, 5) is 26.9. The van der Waals surface area contributed by atoms with Crippen molar-refractivity contribution in [3.8, 4) is 11.8 Å². The first-order chi connectivity index (χ1) is 17.3. The van der Waals surface area contributed by atoms with Crippen LogP contribution in [0.4, 0.5) is 4.39 Å². The van der Waals surface area contributed by atoms with Crippen molar-refractivity contribution in [1.29, 1.82) is 5.26 Å². The quantitative estimate of drug-likeness (QED) is 0.297. The second-order valence-corrected chi connectivity index (χ2v) is 9.84. The predicted molar refractivity (Wildman–Crippen MR) is 143 cm³/mol. The van der Waals surface area contributed by atoms with Gasteiger partial charge in [-0.05, 0) is 60.0 Å².